The SMILES string of the molecule is CN1CC(C(=O)NC2CCCCC2N2Cc3ccc(C(=N)NC(=O)C(F)(F)F)cc3C2(C)O)CC1=O. The van der Waals surface area contributed by atoms with Crippen molar-refractivity contribution in [3.05, 3.63) is 34.9 Å². The highest BCUT2D eigenvalue weighted by atomic mass is 19.4. The van der Waals surface area contributed by atoms with Crippen LogP contribution in [0.3, 0.4) is 0 Å². The molecule has 1 aliphatic carbocycles. The standard InChI is InChI=1S/C24H30F3N5O4/c1-23(36)16-9-13(20(28)30-22(35)24(25,26)27)7-8-14(16)12-32(23)18-6-4-3-5-17(18)29-21(34)15-10-19(33)31(2)11-15/h7-9,15,17-18,36H,3-6,10-12H2,1-2H3,(H,29,34)(H2,28,30,35). The summed E-state index contributed by atoms with van der Waals surface area (Å²) in [4.78, 5) is 39.4. The molecular weight excluding hydrogens is 479 g/mol. The maximum Gasteiger partial charge on any atom is 0.471 e. The summed E-state index contributed by atoms with van der Waals surface area (Å²) in [6.45, 7) is 2.31. The summed E-state index contributed by atoms with van der Waals surface area (Å²) in [5.41, 5.74) is -0.284. The lowest BCUT2D eigenvalue weighted by Gasteiger charge is -2.44. The Morgan fingerprint density at radius 3 is 2.56 bits per heavy atom. The van der Waals surface area contributed by atoms with E-state index in [-0.39, 0.29) is 35.9 Å². The summed E-state index contributed by atoms with van der Waals surface area (Å²) < 4.78 is 37.8. The number of hydrogen-bond donors (Lipinski definition) is 4. The van der Waals surface area contributed by atoms with Crippen molar-refractivity contribution in [1.82, 2.24) is 20.4 Å². The smallest absolute Gasteiger partial charge is 0.372 e. The molecule has 36 heavy (non-hydrogen) atoms. The van der Waals surface area contributed by atoms with Gasteiger partial charge in [0.1, 0.15) is 11.6 Å². The lowest BCUT2D eigenvalue weighted by molar-refractivity contribution is -0.171. The number of aliphatic hydroxyl groups is 1. The summed E-state index contributed by atoms with van der Waals surface area (Å²) >= 11 is 0. The Hall–Kier alpha value is -2.99. The average Bonchev–Trinajstić information content (AvgIpc) is 3.28. The summed E-state index contributed by atoms with van der Waals surface area (Å²) in [6.07, 6.45) is -1.69. The van der Waals surface area contributed by atoms with Crippen LogP contribution in [0.1, 0.15) is 55.7 Å². The predicted molar refractivity (Wildman–Crippen MR) is 123 cm³/mol. The van der Waals surface area contributed by atoms with E-state index in [1.807, 2.05) is 4.90 Å². The van der Waals surface area contributed by atoms with Gasteiger partial charge in [-0.05, 0) is 31.4 Å². The van der Waals surface area contributed by atoms with Crippen LogP contribution < -0.4 is 10.6 Å². The molecule has 0 spiro atoms. The van der Waals surface area contributed by atoms with Crippen LogP contribution in [-0.4, -0.2) is 70.3 Å². The number of benzene rings is 1. The third-order valence-electron chi connectivity index (χ3n) is 7.47. The normalized spacial score (nSPS) is 28.7. The van der Waals surface area contributed by atoms with Gasteiger partial charge in [0.05, 0.1) is 5.92 Å². The van der Waals surface area contributed by atoms with Crippen LogP contribution >= 0.6 is 0 Å². The molecule has 3 aliphatic rings. The molecule has 0 radical (unpaired) electrons. The number of halogens is 3. The first-order valence-corrected chi connectivity index (χ1v) is 11.9. The van der Waals surface area contributed by atoms with Crippen molar-refractivity contribution in [2.45, 2.75) is 69.6 Å². The van der Waals surface area contributed by atoms with Gasteiger partial charge in [0.2, 0.25) is 11.8 Å². The Bertz CT molecular complexity index is 1090. The van der Waals surface area contributed by atoms with E-state index in [9.17, 15) is 32.7 Å². The van der Waals surface area contributed by atoms with Gasteiger partial charge in [0, 0.05) is 49.8 Å². The number of amides is 3. The molecule has 4 unspecified atom stereocenters. The molecule has 196 valence electrons. The number of nitrogens with one attached hydrogen (secondary N) is 3. The maximum atomic E-state index is 12.9. The van der Waals surface area contributed by atoms with Crippen LogP contribution in [0.4, 0.5) is 13.2 Å². The average molecular weight is 510 g/mol. The van der Waals surface area contributed by atoms with Gasteiger partial charge >= 0.3 is 12.1 Å². The van der Waals surface area contributed by atoms with E-state index in [0.29, 0.717) is 18.7 Å². The van der Waals surface area contributed by atoms with E-state index < -0.39 is 29.6 Å². The van der Waals surface area contributed by atoms with Crippen molar-refractivity contribution in [3.8, 4) is 0 Å². The first-order chi connectivity index (χ1) is 16.8. The molecule has 1 saturated heterocycles. The van der Waals surface area contributed by atoms with Crippen LogP contribution in [0.25, 0.3) is 0 Å². The number of fused-ring (bicyclic) bond motifs is 1. The molecule has 9 nitrogen and oxygen atoms in total. The topological polar surface area (TPSA) is 126 Å². The van der Waals surface area contributed by atoms with E-state index in [1.54, 1.807) is 25.4 Å². The molecule has 2 aliphatic heterocycles. The van der Waals surface area contributed by atoms with Crippen LogP contribution in [-0.2, 0) is 26.7 Å². The number of likely N-dealkylation sites (tertiary alicyclic amines) is 1. The van der Waals surface area contributed by atoms with Gasteiger partial charge in [0.15, 0.2) is 0 Å². The van der Waals surface area contributed by atoms with Crippen molar-refractivity contribution in [2.75, 3.05) is 13.6 Å². The molecular formula is C24H30F3N5O4. The van der Waals surface area contributed by atoms with Gasteiger partial charge in [-0.15, -0.1) is 0 Å². The van der Waals surface area contributed by atoms with Gasteiger partial charge < -0.3 is 20.6 Å². The first-order valence-electron chi connectivity index (χ1n) is 11.9. The summed E-state index contributed by atoms with van der Waals surface area (Å²) in [6, 6.07) is 4.05. The number of amidine groups is 1. The highest BCUT2D eigenvalue weighted by Gasteiger charge is 2.47. The number of hydrogen-bond acceptors (Lipinski definition) is 6. The number of alkyl halides is 3. The minimum absolute atomic E-state index is 0.0389. The van der Waals surface area contributed by atoms with E-state index in [2.05, 4.69) is 5.32 Å². The lowest BCUT2D eigenvalue weighted by atomic mass is 9.87. The summed E-state index contributed by atoms with van der Waals surface area (Å²) in [5, 5.41) is 24.1. The van der Waals surface area contributed by atoms with Crippen LogP contribution in [0, 0.1) is 11.3 Å². The van der Waals surface area contributed by atoms with Crippen molar-refractivity contribution >= 4 is 23.6 Å². The molecule has 1 aromatic carbocycles. The van der Waals surface area contributed by atoms with Gasteiger partial charge in [-0.3, -0.25) is 24.7 Å². The van der Waals surface area contributed by atoms with Crippen LogP contribution in [0.2, 0.25) is 0 Å². The second kappa shape index (κ2) is 9.47. The van der Waals surface area contributed by atoms with E-state index in [4.69, 9.17) is 5.41 Å². The Morgan fingerprint density at radius 2 is 1.92 bits per heavy atom. The van der Waals surface area contributed by atoms with E-state index >= 15 is 0 Å². The molecule has 12 heteroatoms. The first kappa shape index (κ1) is 26.1. The Balaban J connectivity index is 1.51. The largest absolute Gasteiger partial charge is 0.471 e. The van der Waals surface area contributed by atoms with Crippen molar-refractivity contribution < 1.29 is 32.7 Å². The molecule has 3 amide bonds. The van der Waals surface area contributed by atoms with E-state index in [1.165, 1.54) is 17.0 Å². The van der Waals surface area contributed by atoms with Crippen molar-refractivity contribution in [3.63, 3.8) is 0 Å². The molecule has 0 aromatic heterocycles. The monoisotopic (exact) mass is 509 g/mol. The van der Waals surface area contributed by atoms with Crippen LogP contribution in [0.15, 0.2) is 18.2 Å². The fourth-order valence-corrected chi connectivity index (χ4v) is 5.49. The molecule has 1 saturated carbocycles. The maximum absolute atomic E-state index is 12.9. The Morgan fingerprint density at radius 1 is 1.22 bits per heavy atom. The van der Waals surface area contributed by atoms with Gasteiger partial charge in [-0.1, -0.05) is 25.0 Å². The van der Waals surface area contributed by atoms with Crippen molar-refractivity contribution in [2.24, 2.45) is 5.92 Å². The van der Waals surface area contributed by atoms with Crippen LogP contribution in [0.5, 0.6) is 0 Å². The Kier molecular flexibility index (Phi) is 6.86. The highest BCUT2D eigenvalue weighted by Crippen LogP contribution is 2.42. The lowest BCUT2D eigenvalue weighted by Crippen LogP contribution is -2.57. The highest BCUT2D eigenvalue weighted by molar-refractivity contribution is 6.07. The van der Waals surface area contributed by atoms with E-state index in [0.717, 1.165) is 31.2 Å². The number of carbonyl (C=O) groups excluding carboxylic acids is 3. The zero-order valence-electron chi connectivity index (χ0n) is 20.1. The minimum atomic E-state index is -5.12. The van der Waals surface area contributed by atoms with Crippen molar-refractivity contribution in [1.29, 1.82) is 5.41 Å². The molecule has 2 heterocycles. The summed E-state index contributed by atoms with van der Waals surface area (Å²) in [7, 11) is 1.67. The molecule has 4 rings (SSSR count). The van der Waals surface area contributed by atoms with Gasteiger partial charge in [-0.2, -0.15) is 13.2 Å². The third kappa shape index (κ3) is 4.96. The molecule has 0 bridgehead atoms. The molecule has 4 atom stereocenters. The number of nitrogens with zero attached hydrogens (tertiary/aromatic N) is 2. The molecule has 4 N–H and O–H groups in total. The zero-order chi connectivity index (χ0) is 26.4. The summed E-state index contributed by atoms with van der Waals surface area (Å²) in [5.74, 6) is -3.62. The third-order valence-corrected chi connectivity index (χ3v) is 7.47. The second-order valence-corrected chi connectivity index (χ2v) is 9.99. The fourth-order valence-electron chi connectivity index (χ4n) is 5.49. The van der Waals surface area contributed by atoms with Gasteiger partial charge in [-0.25, -0.2) is 0 Å². The fraction of sp³-hybridized carbons (Fsp3) is 0.583. The minimum Gasteiger partial charge on any atom is -0.372 e. The Labute approximate surface area is 206 Å². The van der Waals surface area contributed by atoms with Gasteiger partial charge in [0.25, 0.3) is 0 Å². The quantitative estimate of drug-likeness (QED) is 0.362. The second-order valence-electron chi connectivity index (χ2n) is 9.99. The number of carbonyl (C=O) groups is 3. The number of rotatable bonds is 4. The molecule has 1 aromatic rings. The molecule has 2 fully saturated rings. The zero-order valence-corrected chi connectivity index (χ0v) is 20.1. The predicted octanol–water partition coefficient (Wildman–Crippen LogP) is 1.58.